The second-order valence-electron chi connectivity index (χ2n) is 3.98. The number of hydrogen-bond donors (Lipinski definition) is 1. The van der Waals surface area contributed by atoms with Crippen molar-refractivity contribution in [1.82, 2.24) is 9.97 Å². The summed E-state index contributed by atoms with van der Waals surface area (Å²) in [5, 5.41) is 3.74. The minimum atomic E-state index is -0.674. The molecule has 0 saturated carbocycles. The molecule has 1 aromatic carbocycles. The number of hydrogen-bond acceptors (Lipinski definition) is 4. The van der Waals surface area contributed by atoms with Crippen LogP contribution >= 0.6 is 0 Å². The molecule has 0 aliphatic rings. The summed E-state index contributed by atoms with van der Waals surface area (Å²) < 4.78 is 26.6. The van der Waals surface area contributed by atoms with E-state index in [4.69, 9.17) is 0 Å². The first-order chi connectivity index (χ1) is 9.06. The summed E-state index contributed by atoms with van der Waals surface area (Å²) in [6, 6.07) is 5.43. The van der Waals surface area contributed by atoms with Crippen molar-refractivity contribution in [2.24, 2.45) is 5.10 Å². The largest absolute Gasteiger partial charge is 0.245 e. The molecule has 0 aliphatic carbocycles. The summed E-state index contributed by atoms with van der Waals surface area (Å²) in [4.78, 5) is 8.17. The Morgan fingerprint density at radius 1 is 1.11 bits per heavy atom. The molecular formula is C13H12F2N4. The summed E-state index contributed by atoms with van der Waals surface area (Å²) in [5.74, 6) is -1.07. The van der Waals surface area contributed by atoms with Gasteiger partial charge < -0.3 is 0 Å². The van der Waals surface area contributed by atoms with E-state index in [-0.39, 0.29) is 11.5 Å². The topological polar surface area (TPSA) is 50.2 Å². The van der Waals surface area contributed by atoms with Gasteiger partial charge in [0, 0.05) is 11.4 Å². The number of nitrogens with one attached hydrogen (secondary N) is 1. The lowest BCUT2D eigenvalue weighted by Crippen LogP contribution is -2.01. The molecule has 19 heavy (non-hydrogen) atoms. The van der Waals surface area contributed by atoms with Gasteiger partial charge in [-0.3, -0.25) is 0 Å². The number of halogens is 2. The number of nitrogens with zero attached hydrogens (tertiary/aromatic N) is 3. The highest BCUT2D eigenvalue weighted by Gasteiger charge is 2.05. The molecule has 0 saturated heterocycles. The summed E-state index contributed by atoms with van der Waals surface area (Å²) in [6.07, 6.45) is 1.06. The Hall–Kier alpha value is -2.37. The number of aryl methyl sites for hydroxylation is 2. The minimum Gasteiger partial charge on any atom is -0.245 e. The third-order valence-corrected chi connectivity index (χ3v) is 2.34. The fourth-order valence-electron chi connectivity index (χ4n) is 1.56. The molecule has 0 amide bonds. The van der Waals surface area contributed by atoms with Gasteiger partial charge >= 0.3 is 0 Å². The normalized spacial score (nSPS) is 10.9. The third-order valence-electron chi connectivity index (χ3n) is 2.34. The highest BCUT2D eigenvalue weighted by molar-refractivity contribution is 5.80. The van der Waals surface area contributed by atoms with E-state index in [1.165, 1.54) is 6.07 Å². The third kappa shape index (κ3) is 3.31. The van der Waals surface area contributed by atoms with Crippen LogP contribution in [-0.2, 0) is 0 Å². The number of anilines is 1. The lowest BCUT2D eigenvalue weighted by Gasteiger charge is -2.02. The Balaban J connectivity index is 2.16. The van der Waals surface area contributed by atoms with Crippen LogP contribution in [0.3, 0.4) is 0 Å². The fourth-order valence-corrected chi connectivity index (χ4v) is 1.56. The summed E-state index contributed by atoms with van der Waals surface area (Å²) >= 11 is 0. The van der Waals surface area contributed by atoms with Gasteiger partial charge in [0.2, 0.25) is 5.95 Å². The van der Waals surface area contributed by atoms with Gasteiger partial charge in [-0.25, -0.2) is 24.2 Å². The summed E-state index contributed by atoms with van der Waals surface area (Å²) in [6.45, 7) is 3.64. The highest BCUT2D eigenvalue weighted by atomic mass is 19.1. The average molecular weight is 262 g/mol. The number of hydrazone groups is 1. The van der Waals surface area contributed by atoms with E-state index in [2.05, 4.69) is 20.5 Å². The van der Waals surface area contributed by atoms with Crippen molar-refractivity contribution in [2.75, 3.05) is 5.43 Å². The molecule has 0 radical (unpaired) electrons. The standard InChI is InChI=1S/C13H12F2N4/c1-8-6-9(2)18-13(17-8)19-16-7-10-11(14)4-3-5-12(10)15/h3-7H,1-2H3,(H,17,18,19)/b16-7-. The second kappa shape index (κ2) is 5.51. The van der Waals surface area contributed by atoms with Crippen LogP contribution in [-0.4, -0.2) is 16.2 Å². The maximum atomic E-state index is 13.3. The van der Waals surface area contributed by atoms with Gasteiger partial charge in [-0.05, 0) is 32.0 Å². The molecule has 4 nitrogen and oxygen atoms in total. The van der Waals surface area contributed by atoms with Gasteiger partial charge in [-0.2, -0.15) is 5.10 Å². The van der Waals surface area contributed by atoms with Crippen molar-refractivity contribution in [3.63, 3.8) is 0 Å². The monoisotopic (exact) mass is 262 g/mol. The molecule has 1 heterocycles. The molecule has 0 aliphatic heterocycles. The lowest BCUT2D eigenvalue weighted by molar-refractivity contribution is 0.580. The number of rotatable bonds is 3. The maximum Gasteiger partial charge on any atom is 0.243 e. The zero-order valence-corrected chi connectivity index (χ0v) is 10.5. The molecule has 0 bridgehead atoms. The van der Waals surface area contributed by atoms with Crippen LogP contribution in [0.15, 0.2) is 29.4 Å². The molecule has 0 atom stereocenters. The van der Waals surface area contributed by atoms with Crippen molar-refractivity contribution in [2.45, 2.75) is 13.8 Å². The molecule has 2 rings (SSSR count). The van der Waals surface area contributed by atoms with E-state index in [0.717, 1.165) is 29.7 Å². The smallest absolute Gasteiger partial charge is 0.243 e. The van der Waals surface area contributed by atoms with E-state index in [1.54, 1.807) is 0 Å². The predicted octanol–water partition coefficient (Wildman–Crippen LogP) is 2.82. The second-order valence-corrected chi connectivity index (χ2v) is 3.98. The van der Waals surface area contributed by atoms with Crippen LogP contribution in [0.5, 0.6) is 0 Å². The molecule has 1 aromatic heterocycles. The van der Waals surface area contributed by atoms with Gasteiger partial charge in [0.05, 0.1) is 11.8 Å². The highest BCUT2D eigenvalue weighted by Crippen LogP contribution is 2.09. The quantitative estimate of drug-likeness (QED) is 0.683. The van der Waals surface area contributed by atoms with Gasteiger partial charge in [0.25, 0.3) is 0 Å². The van der Waals surface area contributed by atoms with Crippen LogP contribution in [0.25, 0.3) is 0 Å². The molecule has 6 heteroatoms. The maximum absolute atomic E-state index is 13.3. The van der Waals surface area contributed by atoms with Crippen molar-refractivity contribution in [3.05, 3.63) is 52.9 Å². The molecule has 0 fully saturated rings. The van der Waals surface area contributed by atoms with Crippen LogP contribution in [0, 0.1) is 25.5 Å². The van der Waals surface area contributed by atoms with Crippen LogP contribution in [0.2, 0.25) is 0 Å². The summed E-state index contributed by atoms with van der Waals surface area (Å²) in [5.41, 5.74) is 3.89. The molecule has 0 unspecified atom stereocenters. The zero-order valence-electron chi connectivity index (χ0n) is 10.5. The fraction of sp³-hybridized carbons (Fsp3) is 0.154. The van der Waals surface area contributed by atoms with Gasteiger partial charge in [-0.15, -0.1) is 0 Å². The number of aromatic nitrogens is 2. The predicted molar refractivity (Wildman–Crippen MR) is 69.1 cm³/mol. The van der Waals surface area contributed by atoms with Crippen LogP contribution in [0.4, 0.5) is 14.7 Å². The van der Waals surface area contributed by atoms with E-state index in [1.807, 2.05) is 19.9 Å². The molecular weight excluding hydrogens is 250 g/mol. The van der Waals surface area contributed by atoms with Gasteiger partial charge in [-0.1, -0.05) is 6.07 Å². The Morgan fingerprint density at radius 2 is 1.68 bits per heavy atom. The van der Waals surface area contributed by atoms with E-state index in [0.29, 0.717) is 0 Å². The minimum absolute atomic E-state index is 0.209. The Labute approximate surface area is 109 Å². The molecule has 2 aromatic rings. The first kappa shape index (κ1) is 13.1. The Morgan fingerprint density at radius 3 is 2.26 bits per heavy atom. The van der Waals surface area contributed by atoms with Crippen LogP contribution in [0.1, 0.15) is 17.0 Å². The molecule has 1 N–H and O–H groups in total. The molecule has 98 valence electrons. The van der Waals surface area contributed by atoms with Crippen molar-refractivity contribution in [3.8, 4) is 0 Å². The average Bonchev–Trinajstić information content (AvgIpc) is 2.32. The van der Waals surface area contributed by atoms with Crippen LogP contribution < -0.4 is 5.43 Å². The first-order valence-corrected chi connectivity index (χ1v) is 5.61. The van der Waals surface area contributed by atoms with E-state index < -0.39 is 11.6 Å². The van der Waals surface area contributed by atoms with Crippen molar-refractivity contribution in [1.29, 1.82) is 0 Å². The molecule has 0 spiro atoms. The van der Waals surface area contributed by atoms with E-state index >= 15 is 0 Å². The van der Waals surface area contributed by atoms with Crippen molar-refractivity contribution < 1.29 is 8.78 Å². The Bertz CT molecular complexity index is 586. The zero-order chi connectivity index (χ0) is 13.8. The summed E-state index contributed by atoms with van der Waals surface area (Å²) in [7, 11) is 0. The van der Waals surface area contributed by atoms with Gasteiger partial charge in [0.15, 0.2) is 0 Å². The van der Waals surface area contributed by atoms with Crippen molar-refractivity contribution >= 4 is 12.2 Å². The SMILES string of the molecule is Cc1cc(C)nc(N/N=C\c2c(F)cccc2F)n1. The van der Waals surface area contributed by atoms with E-state index in [9.17, 15) is 8.78 Å². The lowest BCUT2D eigenvalue weighted by atomic mass is 10.2. The van der Waals surface area contributed by atoms with Gasteiger partial charge in [0.1, 0.15) is 11.6 Å². The Kier molecular flexibility index (Phi) is 3.79. The number of benzene rings is 1. The first-order valence-electron chi connectivity index (χ1n) is 5.61.